The van der Waals surface area contributed by atoms with Crippen molar-refractivity contribution >= 4 is 64.6 Å². The number of hydrogen-bond acceptors (Lipinski definition) is 4. The third-order valence-corrected chi connectivity index (χ3v) is 4.31. The first-order valence-electron chi connectivity index (χ1n) is 5.00. The van der Waals surface area contributed by atoms with Crippen LogP contribution in [0.3, 0.4) is 0 Å². The fraction of sp³-hybridized carbons (Fsp3) is 0. The number of nitrogens with one attached hydrogen (secondary N) is 2. The van der Waals surface area contributed by atoms with Gasteiger partial charge in [0.05, 0.1) is 21.4 Å². The van der Waals surface area contributed by atoms with E-state index in [-0.39, 0.29) is 16.5 Å². The van der Waals surface area contributed by atoms with E-state index in [1.807, 2.05) is 0 Å². The minimum absolute atomic E-state index is 0.0688. The third kappa shape index (κ3) is 3.27. The molecular weight excluding hydrogens is 327 g/mol. The lowest BCUT2D eigenvalue weighted by Gasteiger charge is -2.09. The molecule has 1 aromatic heterocycles. The van der Waals surface area contributed by atoms with Crippen LogP contribution in [0.25, 0.3) is 0 Å². The molecule has 100 valence electrons. The SMILES string of the molecule is O=C(Nc1csc(S)c1O)Nc1cccc(Cl)c1Cl. The fourth-order valence-corrected chi connectivity index (χ4v) is 2.55. The largest absolute Gasteiger partial charge is 0.504 e. The second kappa shape index (κ2) is 5.92. The van der Waals surface area contributed by atoms with E-state index >= 15 is 0 Å². The fourth-order valence-electron chi connectivity index (χ4n) is 1.31. The summed E-state index contributed by atoms with van der Waals surface area (Å²) in [5.41, 5.74) is 0.665. The quantitative estimate of drug-likeness (QED) is 0.602. The van der Waals surface area contributed by atoms with Gasteiger partial charge in [-0.2, -0.15) is 0 Å². The lowest BCUT2D eigenvalue weighted by atomic mass is 10.3. The molecule has 0 aliphatic carbocycles. The number of anilines is 2. The molecule has 0 aliphatic rings. The van der Waals surface area contributed by atoms with E-state index in [9.17, 15) is 9.90 Å². The summed E-state index contributed by atoms with van der Waals surface area (Å²) in [4.78, 5) is 11.8. The molecule has 0 bridgehead atoms. The molecule has 2 amide bonds. The standard InChI is InChI=1S/C11H8Cl2N2O2S2/c12-5-2-1-3-6(8(5)13)14-11(17)15-7-4-19-10(18)9(7)16/h1-4,16,18H,(H2,14,15,17). The average Bonchev–Trinajstić information content (AvgIpc) is 2.67. The van der Waals surface area contributed by atoms with Crippen molar-refractivity contribution in [3.8, 4) is 5.75 Å². The lowest BCUT2D eigenvalue weighted by molar-refractivity contribution is 0.262. The van der Waals surface area contributed by atoms with Gasteiger partial charge in [0.15, 0.2) is 5.75 Å². The average molecular weight is 335 g/mol. The molecule has 8 heteroatoms. The monoisotopic (exact) mass is 334 g/mol. The van der Waals surface area contributed by atoms with E-state index < -0.39 is 6.03 Å². The maximum Gasteiger partial charge on any atom is 0.323 e. The smallest absolute Gasteiger partial charge is 0.323 e. The molecule has 0 fully saturated rings. The Balaban J connectivity index is 2.10. The Labute approximate surface area is 128 Å². The van der Waals surface area contributed by atoms with Crippen LogP contribution in [0.5, 0.6) is 5.75 Å². The van der Waals surface area contributed by atoms with E-state index in [1.165, 1.54) is 11.3 Å². The van der Waals surface area contributed by atoms with Crippen molar-refractivity contribution in [1.29, 1.82) is 0 Å². The Hall–Kier alpha value is -1.08. The van der Waals surface area contributed by atoms with Crippen LogP contribution in [0, 0.1) is 0 Å². The lowest BCUT2D eigenvalue weighted by Crippen LogP contribution is -2.19. The van der Waals surface area contributed by atoms with Gasteiger partial charge in [0, 0.05) is 5.38 Å². The van der Waals surface area contributed by atoms with Crippen molar-refractivity contribution < 1.29 is 9.90 Å². The zero-order valence-corrected chi connectivity index (χ0v) is 12.5. The van der Waals surface area contributed by atoms with Crippen LogP contribution in [0.1, 0.15) is 0 Å². The third-order valence-electron chi connectivity index (χ3n) is 2.19. The van der Waals surface area contributed by atoms with E-state index in [0.717, 1.165) is 0 Å². The number of halogens is 2. The summed E-state index contributed by atoms with van der Waals surface area (Å²) in [6, 6.07) is 4.36. The molecule has 2 aromatic rings. The molecule has 0 unspecified atom stereocenters. The second-order valence-electron chi connectivity index (χ2n) is 3.48. The molecule has 19 heavy (non-hydrogen) atoms. The highest BCUT2D eigenvalue weighted by Gasteiger charge is 2.12. The summed E-state index contributed by atoms with van der Waals surface area (Å²) < 4.78 is 0.427. The first-order valence-corrected chi connectivity index (χ1v) is 7.08. The molecule has 0 aliphatic heterocycles. The Morgan fingerprint density at radius 3 is 2.58 bits per heavy atom. The molecule has 3 N–H and O–H groups in total. The molecule has 0 saturated heterocycles. The number of benzene rings is 1. The molecule has 0 saturated carbocycles. The van der Waals surface area contributed by atoms with Crippen LogP contribution in [0.15, 0.2) is 27.8 Å². The molecule has 0 radical (unpaired) electrons. The number of thiophene rings is 1. The van der Waals surface area contributed by atoms with Crippen LogP contribution in [0.4, 0.5) is 16.2 Å². The van der Waals surface area contributed by atoms with Crippen LogP contribution < -0.4 is 10.6 Å². The number of amides is 2. The van der Waals surface area contributed by atoms with Crippen LogP contribution in [-0.4, -0.2) is 11.1 Å². The van der Waals surface area contributed by atoms with Gasteiger partial charge >= 0.3 is 6.03 Å². The van der Waals surface area contributed by atoms with E-state index in [2.05, 4.69) is 23.3 Å². The van der Waals surface area contributed by atoms with E-state index in [4.69, 9.17) is 23.2 Å². The number of carbonyl (C=O) groups excluding carboxylic acids is 1. The summed E-state index contributed by atoms with van der Waals surface area (Å²) in [6.45, 7) is 0. The van der Waals surface area contributed by atoms with Gasteiger partial charge in [-0.05, 0) is 12.1 Å². The number of thiol groups is 1. The number of hydrogen-bond donors (Lipinski definition) is 4. The van der Waals surface area contributed by atoms with Crippen molar-refractivity contribution in [2.45, 2.75) is 4.21 Å². The van der Waals surface area contributed by atoms with E-state index in [1.54, 1.807) is 23.6 Å². The topological polar surface area (TPSA) is 61.4 Å². The Kier molecular flexibility index (Phi) is 4.46. The van der Waals surface area contributed by atoms with Gasteiger partial charge in [-0.3, -0.25) is 0 Å². The van der Waals surface area contributed by atoms with Gasteiger partial charge in [-0.1, -0.05) is 29.3 Å². The van der Waals surface area contributed by atoms with E-state index in [0.29, 0.717) is 14.9 Å². The minimum atomic E-state index is -0.536. The Bertz CT molecular complexity index is 631. The number of rotatable bonds is 2. The highest BCUT2D eigenvalue weighted by molar-refractivity contribution is 7.83. The zero-order valence-electron chi connectivity index (χ0n) is 9.28. The van der Waals surface area contributed by atoms with Gasteiger partial charge in [-0.15, -0.1) is 24.0 Å². The van der Waals surface area contributed by atoms with Crippen molar-refractivity contribution in [2.24, 2.45) is 0 Å². The minimum Gasteiger partial charge on any atom is -0.504 e. The van der Waals surface area contributed by atoms with Crippen molar-refractivity contribution in [1.82, 2.24) is 0 Å². The molecule has 2 rings (SSSR count). The molecule has 1 heterocycles. The van der Waals surface area contributed by atoms with Crippen LogP contribution in [-0.2, 0) is 0 Å². The van der Waals surface area contributed by atoms with Crippen molar-refractivity contribution in [2.75, 3.05) is 10.6 Å². The van der Waals surface area contributed by atoms with Gasteiger partial charge in [-0.25, -0.2) is 4.79 Å². The van der Waals surface area contributed by atoms with Gasteiger partial charge in [0.1, 0.15) is 4.21 Å². The van der Waals surface area contributed by atoms with Gasteiger partial charge < -0.3 is 15.7 Å². The number of carbonyl (C=O) groups is 1. The van der Waals surface area contributed by atoms with Crippen LogP contribution in [0.2, 0.25) is 10.0 Å². The number of urea groups is 1. The normalized spacial score (nSPS) is 10.3. The Morgan fingerprint density at radius 2 is 1.95 bits per heavy atom. The second-order valence-corrected chi connectivity index (χ2v) is 5.90. The predicted octanol–water partition coefficient (Wildman–Crippen LogP) is 4.69. The highest BCUT2D eigenvalue weighted by atomic mass is 35.5. The number of aromatic hydroxyl groups is 1. The molecular formula is C11H8Cl2N2O2S2. The predicted molar refractivity (Wildman–Crippen MR) is 82.3 cm³/mol. The van der Waals surface area contributed by atoms with Gasteiger partial charge in [0.2, 0.25) is 0 Å². The molecule has 0 atom stereocenters. The molecule has 0 spiro atoms. The summed E-state index contributed by atoms with van der Waals surface area (Å²) in [5.74, 6) is -0.0688. The van der Waals surface area contributed by atoms with Gasteiger partial charge in [0.25, 0.3) is 0 Å². The summed E-state index contributed by atoms with van der Waals surface area (Å²) >= 11 is 17.0. The maximum atomic E-state index is 11.8. The molecule has 1 aromatic carbocycles. The van der Waals surface area contributed by atoms with Crippen molar-refractivity contribution in [3.63, 3.8) is 0 Å². The first kappa shape index (κ1) is 14.3. The molecule has 4 nitrogen and oxygen atoms in total. The summed E-state index contributed by atoms with van der Waals surface area (Å²) in [7, 11) is 0. The summed E-state index contributed by atoms with van der Waals surface area (Å²) in [6.07, 6.45) is 0. The highest BCUT2D eigenvalue weighted by Crippen LogP contribution is 2.36. The zero-order chi connectivity index (χ0) is 14.0. The van der Waals surface area contributed by atoms with Crippen molar-refractivity contribution in [3.05, 3.63) is 33.6 Å². The first-order chi connectivity index (χ1) is 8.99. The summed E-state index contributed by atoms with van der Waals surface area (Å²) in [5, 5.41) is 16.8. The van der Waals surface area contributed by atoms with Crippen LogP contribution >= 0.6 is 47.2 Å². The Morgan fingerprint density at radius 1 is 1.26 bits per heavy atom. The maximum absolute atomic E-state index is 11.8.